The SMILES string of the molecule is CN(Cc1cscn1)c1ccc(CCN)c(Br)c1. The van der Waals surface area contributed by atoms with Gasteiger partial charge in [-0.15, -0.1) is 11.3 Å². The summed E-state index contributed by atoms with van der Waals surface area (Å²) in [7, 11) is 2.07. The highest BCUT2D eigenvalue weighted by Crippen LogP contribution is 2.24. The van der Waals surface area contributed by atoms with Gasteiger partial charge in [0.2, 0.25) is 0 Å². The third kappa shape index (κ3) is 3.31. The lowest BCUT2D eigenvalue weighted by atomic mass is 10.1. The molecule has 1 heterocycles. The van der Waals surface area contributed by atoms with Crippen LogP contribution >= 0.6 is 27.3 Å². The summed E-state index contributed by atoms with van der Waals surface area (Å²) in [5.41, 5.74) is 11.0. The van der Waals surface area contributed by atoms with Crippen molar-refractivity contribution in [1.29, 1.82) is 0 Å². The Morgan fingerprint density at radius 1 is 1.44 bits per heavy atom. The minimum absolute atomic E-state index is 0.673. The van der Waals surface area contributed by atoms with Crippen molar-refractivity contribution in [3.63, 3.8) is 0 Å². The Morgan fingerprint density at radius 3 is 2.89 bits per heavy atom. The van der Waals surface area contributed by atoms with Gasteiger partial charge in [0.05, 0.1) is 17.7 Å². The van der Waals surface area contributed by atoms with Crippen LogP contribution in [0.2, 0.25) is 0 Å². The molecule has 2 aromatic rings. The molecule has 5 heteroatoms. The third-order valence-electron chi connectivity index (χ3n) is 2.77. The largest absolute Gasteiger partial charge is 0.369 e. The Kier molecular flexibility index (Phi) is 4.74. The first-order valence-corrected chi connectivity index (χ1v) is 7.51. The number of hydrogen-bond acceptors (Lipinski definition) is 4. The molecule has 0 spiro atoms. The zero-order valence-corrected chi connectivity index (χ0v) is 12.7. The molecule has 0 atom stereocenters. The van der Waals surface area contributed by atoms with E-state index in [0.717, 1.165) is 23.1 Å². The number of nitrogens with two attached hydrogens (primary N) is 1. The van der Waals surface area contributed by atoms with Crippen LogP contribution in [0, 0.1) is 0 Å². The number of nitrogens with zero attached hydrogens (tertiary/aromatic N) is 2. The summed E-state index contributed by atoms with van der Waals surface area (Å²) >= 11 is 5.23. The number of thiazole rings is 1. The molecule has 1 aromatic carbocycles. The second-order valence-electron chi connectivity index (χ2n) is 4.15. The van der Waals surface area contributed by atoms with E-state index < -0.39 is 0 Å². The van der Waals surface area contributed by atoms with E-state index in [1.54, 1.807) is 11.3 Å². The van der Waals surface area contributed by atoms with Gasteiger partial charge in [0.1, 0.15) is 0 Å². The standard InChI is InChI=1S/C13H16BrN3S/c1-17(7-11-8-18-9-16-11)12-3-2-10(4-5-15)13(14)6-12/h2-3,6,8-9H,4-5,7,15H2,1H3. The highest BCUT2D eigenvalue weighted by Gasteiger charge is 2.06. The Bertz CT molecular complexity index is 499. The maximum atomic E-state index is 5.58. The second-order valence-corrected chi connectivity index (χ2v) is 5.72. The summed E-state index contributed by atoms with van der Waals surface area (Å²) in [6.07, 6.45) is 0.899. The van der Waals surface area contributed by atoms with Gasteiger partial charge in [0, 0.05) is 22.6 Å². The monoisotopic (exact) mass is 325 g/mol. The molecule has 96 valence electrons. The van der Waals surface area contributed by atoms with Crippen molar-refractivity contribution in [3.8, 4) is 0 Å². The fraction of sp³-hybridized carbons (Fsp3) is 0.308. The van der Waals surface area contributed by atoms with E-state index in [-0.39, 0.29) is 0 Å². The molecule has 0 amide bonds. The quantitative estimate of drug-likeness (QED) is 0.918. The van der Waals surface area contributed by atoms with Gasteiger partial charge < -0.3 is 10.6 Å². The molecule has 1 aromatic heterocycles. The maximum absolute atomic E-state index is 5.58. The molecule has 0 unspecified atom stereocenters. The number of aromatic nitrogens is 1. The molecule has 2 N–H and O–H groups in total. The normalized spacial score (nSPS) is 10.6. The predicted octanol–water partition coefficient (Wildman–Crippen LogP) is 3.04. The molecule has 0 saturated carbocycles. The van der Waals surface area contributed by atoms with Crippen molar-refractivity contribution in [2.75, 3.05) is 18.5 Å². The second kappa shape index (κ2) is 6.31. The van der Waals surface area contributed by atoms with Gasteiger partial charge in [-0.05, 0) is 30.7 Å². The first-order valence-electron chi connectivity index (χ1n) is 5.77. The summed E-state index contributed by atoms with van der Waals surface area (Å²) < 4.78 is 1.12. The summed E-state index contributed by atoms with van der Waals surface area (Å²) in [4.78, 5) is 6.49. The van der Waals surface area contributed by atoms with Gasteiger partial charge >= 0.3 is 0 Å². The first kappa shape index (κ1) is 13.5. The predicted molar refractivity (Wildman–Crippen MR) is 81.1 cm³/mol. The van der Waals surface area contributed by atoms with Gasteiger partial charge in [0.25, 0.3) is 0 Å². The van der Waals surface area contributed by atoms with Crippen LogP contribution in [0.3, 0.4) is 0 Å². The smallest absolute Gasteiger partial charge is 0.0795 e. The Morgan fingerprint density at radius 2 is 2.28 bits per heavy atom. The Labute approximate surface area is 120 Å². The number of hydrogen-bond donors (Lipinski definition) is 1. The van der Waals surface area contributed by atoms with E-state index in [4.69, 9.17) is 5.73 Å². The molecule has 18 heavy (non-hydrogen) atoms. The van der Waals surface area contributed by atoms with Gasteiger partial charge in [-0.3, -0.25) is 0 Å². The lowest BCUT2D eigenvalue weighted by Gasteiger charge is -2.19. The molecular weight excluding hydrogens is 310 g/mol. The molecule has 0 fully saturated rings. The molecule has 0 aliphatic heterocycles. The number of benzene rings is 1. The summed E-state index contributed by atoms with van der Waals surface area (Å²) in [6, 6.07) is 6.39. The van der Waals surface area contributed by atoms with Crippen LogP contribution in [-0.4, -0.2) is 18.6 Å². The molecule has 0 aliphatic carbocycles. The fourth-order valence-electron chi connectivity index (χ4n) is 1.78. The van der Waals surface area contributed by atoms with Crippen molar-refractivity contribution in [3.05, 3.63) is 44.8 Å². The Hall–Kier alpha value is -0.910. The van der Waals surface area contributed by atoms with Crippen LogP contribution in [0.4, 0.5) is 5.69 Å². The highest BCUT2D eigenvalue weighted by atomic mass is 79.9. The van der Waals surface area contributed by atoms with Gasteiger partial charge in [-0.2, -0.15) is 0 Å². The van der Waals surface area contributed by atoms with E-state index >= 15 is 0 Å². The molecule has 0 bridgehead atoms. The molecule has 0 radical (unpaired) electrons. The van der Waals surface area contributed by atoms with E-state index in [1.807, 2.05) is 5.51 Å². The van der Waals surface area contributed by atoms with Crippen LogP contribution in [-0.2, 0) is 13.0 Å². The molecular formula is C13H16BrN3S. The molecule has 0 saturated heterocycles. The first-order chi connectivity index (χ1) is 8.70. The number of halogens is 1. The lowest BCUT2D eigenvalue weighted by Crippen LogP contribution is -2.16. The van der Waals surface area contributed by atoms with Gasteiger partial charge in [-0.25, -0.2) is 4.98 Å². The van der Waals surface area contributed by atoms with Crippen molar-refractivity contribution in [2.45, 2.75) is 13.0 Å². The minimum Gasteiger partial charge on any atom is -0.369 e. The number of rotatable bonds is 5. The van der Waals surface area contributed by atoms with Crippen LogP contribution in [0.25, 0.3) is 0 Å². The average Bonchev–Trinajstić information content (AvgIpc) is 2.84. The summed E-state index contributed by atoms with van der Waals surface area (Å²) in [5.74, 6) is 0. The third-order valence-corrected chi connectivity index (χ3v) is 4.15. The maximum Gasteiger partial charge on any atom is 0.0795 e. The van der Waals surface area contributed by atoms with Crippen molar-refractivity contribution in [2.24, 2.45) is 5.73 Å². The minimum atomic E-state index is 0.673. The molecule has 2 rings (SSSR count). The fourth-order valence-corrected chi connectivity index (χ4v) is 2.90. The van der Waals surface area contributed by atoms with Gasteiger partial charge in [0.15, 0.2) is 0 Å². The lowest BCUT2D eigenvalue weighted by molar-refractivity contribution is 0.891. The Balaban J connectivity index is 2.11. The van der Waals surface area contributed by atoms with E-state index in [9.17, 15) is 0 Å². The average molecular weight is 326 g/mol. The van der Waals surface area contributed by atoms with Crippen molar-refractivity contribution in [1.82, 2.24) is 4.98 Å². The van der Waals surface area contributed by atoms with Crippen LogP contribution in [0.15, 0.2) is 33.6 Å². The van der Waals surface area contributed by atoms with Gasteiger partial charge in [-0.1, -0.05) is 22.0 Å². The topological polar surface area (TPSA) is 42.2 Å². The van der Waals surface area contributed by atoms with E-state index in [1.165, 1.54) is 11.3 Å². The van der Waals surface area contributed by atoms with Crippen LogP contribution in [0.5, 0.6) is 0 Å². The summed E-state index contributed by atoms with van der Waals surface area (Å²) in [6.45, 7) is 1.50. The van der Waals surface area contributed by atoms with Crippen LogP contribution in [0.1, 0.15) is 11.3 Å². The molecule has 3 nitrogen and oxygen atoms in total. The zero-order chi connectivity index (χ0) is 13.0. The van der Waals surface area contributed by atoms with Crippen molar-refractivity contribution >= 4 is 33.0 Å². The molecule has 0 aliphatic rings. The van der Waals surface area contributed by atoms with Crippen LogP contribution < -0.4 is 10.6 Å². The number of anilines is 1. The zero-order valence-electron chi connectivity index (χ0n) is 10.3. The van der Waals surface area contributed by atoms with E-state index in [2.05, 4.69) is 56.4 Å². The summed E-state index contributed by atoms with van der Waals surface area (Å²) in [5, 5.41) is 2.08. The highest BCUT2D eigenvalue weighted by molar-refractivity contribution is 9.10. The van der Waals surface area contributed by atoms with E-state index in [0.29, 0.717) is 6.54 Å². The van der Waals surface area contributed by atoms with Crippen molar-refractivity contribution < 1.29 is 0 Å².